The van der Waals surface area contributed by atoms with Crippen LogP contribution in [0.2, 0.25) is 0 Å². The lowest BCUT2D eigenvalue weighted by Crippen LogP contribution is -2.35. The number of pyridine rings is 2. The highest BCUT2D eigenvalue weighted by atomic mass is 16.5. The number of hydrogen-bond acceptors (Lipinski definition) is 5. The van der Waals surface area contributed by atoms with E-state index in [9.17, 15) is 4.79 Å². The Morgan fingerprint density at radius 1 is 1.17 bits per heavy atom. The molecule has 0 saturated carbocycles. The monoisotopic (exact) mass is 388 g/mol. The minimum Gasteiger partial charge on any atom is -0.382 e. The maximum absolute atomic E-state index is 12.5. The van der Waals surface area contributed by atoms with Crippen LogP contribution in [-0.2, 0) is 4.74 Å². The van der Waals surface area contributed by atoms with Crippen molar-refractivity contribution >= 4 is 22.8 Å². The second-order valence-corrected chi connectivity index (χ2v) is 6.44. The number of nitrogens with one attached hydrogen (secondary N) is 3. The van der Waals surface area contributed by atoms with Crippen molar-refractivity contribution in [2.75, 3.05) is 19.0 Å². The fraction of sp³-hybridized carbons (Fsp3) is 0.143. The molecule has 0 unspecified atom stereocenters. The topological polar surface area (TPSA) is 105 Å². The Labute approximate surface area is 167 Å². The number of nitrogens with zero attached hydrogens (tertiary/aromatic N) is 3. The highest BCUT2D eigenvalue weighted by molar-refractivity contribution is 5.95. The Morgan fingerprint density at radius 3 is 2.72 bits per heavy atom. The molecule has 0 saturated heterocycles. The molecule has 0 fully saturated rings. The number of fused-ring (bicyclic) bond motifs is 1. The first-order valence-corrected chi connectivity index (χ1v) is 9.10. The van der Waals surface area contributed by atoms with E-state index in [1.807, 2.05) is 42.5 Å². The normalized spacial score (nSPS) is 11.9. The lowest BCUT2D eigenvalue weighted by atomic mass is 10.1. The van der Waals surface area contributed by atoms with E-state index >= 15 is 0 Å². The van der Waals surface area contributed by atoms with Gasteiger partial charge in [-0.15, -0.1) is 0 Å². The Bertz CT molecular complexity index is 1100. The van der Waals surface area contributed by atoms with Gasteiger partial charge in [0.1, 0.15) is 11.5 Å². The zero-order valence-electron chi connectivity index (χ0n) is 15.8. The smallest absolute Gasteiger partial charge is 0.320 e. The maximum Gasteiger partial charge on any atom is 0.320 e. The molecule has 29 heavy (non-hydrogen) atoms. The molecule has 3 N–H and O–H groups in total. The third-order valence-corrected chi connectivity index (χ3v) is 4.48. The SMILES string of the molecule is COC[C@@H](NC(=O)Nc1cc2[nH]nc(-c3ccncc3)c2cn1)c1ccccc1. The van der Waals surface area contributed by atoms with Gasteiger partial charge in [-0.2, -0.15) is 5.10 Å². The van der Waals surface area contributed by atoms with Gasteiger partial charge in [-0.1, -0.05) is 30.3 Å². The van der Waals surface area contributed by atoms with Crippen molar-refractivity contribution in [2.45, 2.75) is 6.04 Å². The fourth-order valence-corrected chi connectivity index (χ4v) is 3.10. The quantitative estimate of drug-likeness (QED) is 0.469. The van der Waals surface area contributed by atoms with Crippen LogP contribution in [0.15, 0.2) is 67.1 Å². The van der Waals surface area contributed by atoms with Crippen LogP contribution in [-0.4, -0.2) is 39.9 Å². The number of aromatic amines is 1. The number of amides is 2. The molecule has 0 bridgehead atoms. The number of rotatable bonds is 6. The van der Waals surface area contributed by atoms with Gasteiger partial charge in [0.25, 0.3) is 0 Å². The standard InChI is InChI=1S/C21H20N6O2/c1-29-13-18(14-5-3-2-4-6-14)24-21(28)25-19-11-17-16(12-23-19)20(27-26-17)15-7-9-22-10-8-15/h2-12,18H,13H2,1H3,(H,26,27)(H2,23,24,25,28)/t18-/m1/s1. The van der Waals surface area contributed by atoms with Crippen molar-refractivity contribution in [2.24, 2.45) is 0 Å². The largest absolute Gasteiger partial charge is 0.382 e. The van der Waals surface area contributed by atoms with Crippen molar-refractivity contribution in [3.8, 4) is 11.3 Å². The molecule has 1 aromatic carbocycles. The van der Waals surface area contributed by atoms with E-state index in [-0.39, 0.29) is 12.1 Å². The highest BCUT2D eigenvalue weighted by Crippen LogP contribution is 2.26. The summed E-state index contributed by atoms with van der Waals surface area (Å²) in [6.07, 6.45) is 5.12. The molecule has 0 radical (unpaired) electrons. The fourth-order valence-electron chi connectivity index (χ4n) is 3.10. The van der Waals surface area contributed by atoms with Crippen molar-refractivity contribution in [1.29, 1.82) is 0 Å². The average molecular weight is 388 g/mol. The second kappa shape index (κ2) is 8.49. The number of ether oxygens (including phenoxy) is 1. The Kier molecular flexibility index (Phi) is 5.44. The van der Waals surface area contributed by atoms with E-state index in [1.165, 1.54) is 0 Å². The summed E-state index contributed by atoms with van der Waals surface area (Å²) in [5.74, 6) is 0.421. The summed E-state index contributed by atoms with van der Waals surface area (Å²) < 4.78 is 5.24. The molecular weight excluding hydrogens is 368 g/mol. The third kappa shape index (κ3) is 4.22. The van der Waals surface area contributed by atoms with Gasteiger partial charge in [-0.25, -0.2) is 9.78 Å². The summed E-state index contributed by atoms with van der Waals surface area (Å²) in [6.45, 7) is 0.361. The van der Waals surface area contributed by atoms with Crippen molar-refractivity contribution in [1.82, 2.24) is 25.5 Å². The molecule has 4 rings (SSSR count). The number of anilines is 1. The van der Waals surface area contributed by atoms with Gasteiger partial charge < -0.3 is 10.1 Å². The minimum atomic E-state index is -0.364. The van der Waals surface area contributed by atoms with Crippen LogP contribution in [0.25, 0.3) is 22.2 Å². The van der Waals surface area contributed by atoms with Crippen molar-refractivity contribution in [3.05, 3.63) is 72.7 Å². The Hall–Kier alpha value is -3.78. The number of carbonyl (C=O) groups is 1. The van der Waals surface area contributed by atoms with E-state index in [2.05, 4.69) is 30.8 Å². The van der Waals surface area contributed by atoms with Gasteiger partial charge in [0, 0.05) is 42.7 Å². The predicted octanol–water partition coefficient (Wildman–Crippen LogP) is 3.53. The van der Waals surface area contributed by atoms with Crippen LogP contribution in [0.5, 0.6) is 0 Å². The summed E-state index contributed by atoms with van der Waals surface area (Å²) in [6, 6.07) is 14.5. The molecule has 4 aromatic rings. The molecule has 3 aromatic heterocycles. The third-order valence-electron chi connectivity index (χ3n) is 4.48. The summed E-state index contributed by atoms with van der Waals surface area (Å²) in [4.78, 5) is 20.9. The lowest BCUT2D eigenvalue weighted by molar-refractivity contribution is 0.168. The number of benzene rings is 1. The van der Waals surface area contributed by atoms with Gasteiger partial charge in [-0.05, 0) is 17.7 Å². The molecule has 0 aliphatic carbocycles. The Balaban J connectivity index is 1.49. The first kappa shape index (κ1) is 18.6. The molecule has 0 aliphatic heterocycles. The van der Waals surface area contributed by atoms with Crippen LogP contribution in [0.4, 0.5) is 10.6 Å². The molecule has 2 amide bonds. The minimum absolute atomic E-state index is 0.268. The number of methoxy groups -OCH3 is 1. The summed E-state index contributed by atoms with van der Waals surface area (Å²) in [7, 11) is 1.60. The van der Waals surface area contributed by atoms with E-state index in [0.717, 1.165) is 27.7 Å². The molecule has 146 valence electrons. The maximum atomic E-state index is 12.5. The molecular formula is C21H20N6O2. The average Bonchev–Trinajstić information content (AvgIpc) is 3.18. The number of hydrogen-bond donors (Lipinski definition) is 3. The molecule has 8 heteroatoms. The summed E-state index contributed by atoms with van der Waals surface area (Å²) in [5.41, 5.74) is 3.47. The zero-order valence-corrected chi connectivity index (χ0v) is 15.8. The van der Waals surface area contributed by atoms with Gasteiger partial charge in [-0.3, -0.25) is 15.4 Å². The molecule has 0 aliphatic rings. The van der Waals surface area contributed by atoms with Crippen LogP contribution >= 0.6 is 0 Å². The van der Waals surface area contributed by atoms with Crippen LogP contribution in [0.1, 0.15) is 11.6 Å². The second-order valence-electron chi connectivity index (χ2n) is 6.44. The van der Waals surface area contributed by atoms with Crippen molar-refractivity contribution < 1.29 is 9.53 Å². The number of aromatic nitrogens is 4. The van der Waals surface area contributed by atoms with Gasteiger partial charge in [0.2, 0.25) is 0 Å². The predicted molar refractivity (Wildman–Crippen MR) is 110 cm³/mol. The van der Waals surface area contributed by atoms with Crippen LogP contribution in [0, 0.1) is 0 Å². The van der Waals surface area contributed by atoms with E-state index in [1.54, 1.807) is 31.8 Å². The van der Waals surface area contributed by atoms with Gasteiger partial charge >= 0.3 is 6.03 Å². The number of carbonyl (C=O) groups excluding carboxylic acids is 1. The van der Waals surface area contributed by atoms with E-state index in [0.29, 0.717) is 12.4 Å². The van der Waals surface area contributed by atoms with Crippen molar-refractivity contribution in [3.63, 3.8) is 0 Å². The lowest BCUT2D eigenvalue weighted by Gasteiger charge is -2.18. The molecule has 0 spiro atoms. The first-order chi connectivity index (χ1) is 14.2. The van der Waals surface area contributed by atoms with Gasteiger partial charge in [0.05, 0.1) is 18.2 Å². The number of H-pyrrole nitrogens is 1. The molecule has 8 nitrogen and oxygen atoms in total. The zero-order chi connectivity index (χ0) is 20.1. The molecule has 3 heterocycles. The van der Waals surface area contributed by atoms with Gasteiger partial charge in [0.15, 0.2) is 0 Å². The Morgan fingerprint density at radius 2 is 1.97 bits per heavy atom. The van der Waals surface area contributed by atoms with Crippen LogP contribution < -0.4 is 10.6 Å². The number of urea groups is 1. The molecule has 1 atom stereocenters. The van der Waals surface area contributed by atoms with E-state index in [4.69, 9.17) is 4.74 Å². The summed E-state index contributed by atoms with van der Waals surface area (Å²) in [5, 5.41) is 13.9. The summed E-state index contributed by atoms with van der Waals surface area (Å²) >= 11 is 0. The highest BCUT2D eigenvalue weighted by Gasteiger charge is 2.15. The van der Waals surface area contributed by atoms with Crippen LogP contribution in [0.3, 0.4) is 0 Å². The first-order valence-electron chi connectivity index (χ1n) is 9.10. The van der Waals surface area contributed by atoms with E-state index < -0.39 is 0 Å².